The minimum atomic E-state index is -5.27. The van der Waals surface area contributed by atoms with Crippen LogP contribution in [-0.4, -0.2) is 48.8 Å². The summed E-state index contributed by atoms with van der Waals surface area (Å²) < 4.78 is 86.3. The standard InChI is InChI=1S/C28H27F5N2O6/c1-15(29)18-12-17(4-6-19(18)30)26-22(39-2)8-9-24(35-26)27(38,28(31,32)33)11-10-20(36)16-5-7-21(23(13-16)40-3)41-14-25(34)37/h4-9,12-13,15,38H,10-11,14H2,1-3H3,(H2,34,37)/t15-,27?/m0/s1. The van der Waals surface area contributed by atoms with Crippen molar-refractivity contribution in [2.75, 3.05) is 20.8 Å². The summed E-state index contributed by atoms with van der Waals surface area (Å²) in [6.07, 6.45) is -8.85. The van der Waals surface area contributed by atoms with Crippen LogP contribution in [-0.2, 0) is 10.4 Å². The molecule has 0 fully saturated rings. The third-order valence-corrected chi connectivity index (χ3v) is 6.24. The van der Waals surface area contributed by atoms with Gasteiger partial charge in [-0.2, -0.15) is 13.2 Å². The van der Waals surface area contributed by atoms with E-state index in [4.69, 9.17) is 19.9 Å². The molecule has 0 aliphatic rings. The van der Waals surface area contributed by atoms with Crippen molar-refractivity contribution >= 4 is 11.7 Å². The second-order valence-electron chi connectivity index (χ2n) is 9.00. The van der Waals surface area contributed by atoms with Gasteiger partial charge in [0.15, 0.2) is 23.9 Å². The highest BCUT2D eigenvalue weighted by atomic mass is 19.4. The predicted molar refractivity (Wildman–Crippen MR) is 137 cm³/mol. The van der Waals surface area contributed by atoms with Crippen molar-refractivity contribution in [1.82, 2.24) is 4.98 Å². The molecule has 3 N–H and O–H groups in total. The number of primary amides is 1. The van der Waals surface area contributed by atoms with E-state index in [2.05, 4.69) is 4.98 Å². The van der Waals surface area contributed by atoms with Crippen LogP contribution in [0.4, 0.5) is 22.0 Å². The molecule has 1 aromatic heterocycles. The Bertz CT molecular complexity index is 1430. The summed E-state index contributed by atoms with van der Waals surface area (Å²) in [5.74, 6) is -2.27. The topological polar surface area (TPSA) is 121 Å². The average Bonchev–Trinajstić information content (AvgIpc) is 2.93. The summed E-state index contributed by atoms with van der Waals surface area (Å²) in [7, 11) is 2.49. The Morgan fingerprint density at radius 3 is 2.24 bits per heavy atom. The largest absolute Gasteiger partial charge is 0.494 e. The van der Waals surface area contributed by atoms with Crippen molar-refractivity contribution in [2.45, 2.75) is 37.7 Å². The average molecular weight is 583 g/mol. The molecule has 1 heterocycles. The molecule has 1 unspecified atom stereocenters. The molecule has 2 aromatic carbocycles. The maximum absolute atomic E-state index is 14.3. The number of amides is 1. The van der Waals surface area contributed by atoms with Crippen LogP contribution in [0.3, 0.4) is 0 Å². The number of hydrogen-bond donors (Lipinski definition) is 2. The number of carbonyl (C=O) groups excluding carboxylic acids is 2. The van der Waals surface area contributed by atoms with Crippen LogP contribution in [0, 0.1) is 5.82 Å². The van der Waals surface area contributed by atoms with Crippen molar-refractivity contribution < 1.29 is 50.9 Å². The van der Waals surface area contributed by atoms with Gasteiger partial charge in [-0.25, -0.2) is 13.8 Å². The zero-order chi connectivity index (χ0) is 30.5. The number of ether oxygens (including phenoxy) is 3. The molecular weight excluding hydrogens is 555 g/mol. The number of nitrogens with zero attached hydrogens (tertiary/aromatic N) is 1. The van der Waals surface area contributed by atoms with Gasteiger partial charge in [0.05, 0.1) is 19.9 Å². The number of methoxy groups -OCH3 is 2. The van der Waals surface area contributed by atoms with Gasteiger partial charge in [-0.1, -0.05) is 0 Å². The first-order valence-electron chi connectivity index (χ1n) is 12.1. The number of rotatable bonds is 12. The molecule has 41 heavy (non-hydrogen) atoms. The Hall–Kier alpha value is -4.26. The van der Waals surface area contributed by atoms with Gasteiger partial charge in [0.25, 0.3) is 5.91 Å². The summed E-state index contributed by atoms with van der Waals surface area (Å²) in [6, 6.07) is 9.02. The van der Waals surface area contributed by atoms with Crippen molar-refractivity contribution in [3.05, 3.63) is 71.2 Å². The number of aliphatic hydroxyl groups is 1. The second-order valence-corrected chi connectivity index (χ2v) is 9.00. The smallest absolute Gasteiger partial charge is 0.422 e. The summed E-state index contributed by atoms with van der Waals surface area (Å²) in [5, 5.41) is 10.9. The van der Waals surface area contributed by atoms with E-state index >= 15 is 0 Å². The molecule has 0 aliphatic carbocycles. The van der Waals surface area contributed by atoms with Gasteiger partial charge in [0, 0.05) is 23.1 Å². The van der Waals surface area contributed by atoms with Crippen molar-refractivity contribution in [3.63, 3.8) is 0 Å². The molecule has 1 amide bonds. The van der Waals surface area contributed by atoms with Crippen LogP contribution >= 0.6 is 0 Å². The van der Waals surface area contributed by atoms with Gasteiger partial charge >= 0.3 is 6.18 Å². The molecule has 2 atom stereocenters. The number of ketones is 1. The number of carbonyl (C=O) groups is 2. The minimum absolute atomic E-state index is 0.0100. The Morgan fingerprint density at radius 2 is 1.66 bits per heavy atom. The van der Waals surface area contributed by atoms with E-state index in [1.54, 1.807) is 0 Å². The monoisotopic (exact) mass is 582 g/mol. The van der Waals surface area contributed by atoms with E-state index < -0.39 is 60.6 Å². The van der Waals surface area contributed by atoms with E-state index in [1.807, 2.05) is 0 Å². The molecular formula is C28H27F5N2O6. The first-order valence-corrected chi connectivity index (χ1v) is 12.1. The highest BCUT2D eigenvalue weighted by molar-refractivity contribution is 5.96. The van der Waals surface area contributed by atoms with Crippen LogP contribution in [0.5, 0.6) is 17.2 Å². The van der Waals surface area contributed by atoms with Gasteiger partial charge < -0.3 is 25.1 Å². The molecule has 3 rings (SSSR count). The Labute approximate surface area is 231 Å². The maximum atomic E-state index is 14.3. The lowest BCUT2D eigenvalue weighted by Crippen LogP contribution is -2.43. The van der Waals surface area contributed by atoms with Gasteiger partial charge in [-0.15, -0.1) is 0 Å². The summed E-state index contributed by atoms with van der Waals surface area (Å²) in [4.78, 5) is 27.8. The van der Waals surface area contributed by atoms with Crippen LogP contribution in [0.25, 0.3) is 11.3 Å². The first kappa shape index (κ1) is 31.3. The highest BCUT2D eigenvalue weighted by Gasteiger charge is 2.56. The molecule has 220 valence electrons. The lowest BCUT2D eigenvalue weighted by molar-refractivity contribution is -0.270. The molecule has 0 saturated heterocycles. The Balaban J connectivity index is 1.96. The predicted octanol–water partition coefficient (Wildman–Crippen LogP) is 5.21. The van der Waals surface area contributed by atoms with Gasteiger partial charge in [-0.3, -0.25) is 9.59 Å². The number of halogens is 5. The van der Waals surface area contributed by atoms with E-state index in [0.29, 0.717) is 0 Å². The molecule has 0 radical (unpaired) electrons. The van der Waals surface area contributed by atoms with Crippen LogP contribution in [0.1, 0.15) is 47.6 Å². The van der Waals surface area contributed by atoms with Crippen LogP contribution in [0.15, 0.2) is 48.5 Å². The molecule has 0 bridgehead atoms. The number of pyridine rings is 1. The summed E-state index contributed by atoms with van der Waals surface area (Å²) in [6.45, 7) is 0.630. The summed E-state index contributed by atoms with van der Waals surface area (Å²) in [5.41, 5.74) is 0.0934. The number of benzene rings is 2. The quantitative estimate of drug-likeness (QED) is 0.222. The zero-order valence-corrected chi connectivity index (χ0v) is 22.2. The van der Waals surface area contributed by atoms with E-state index in [0.717, 1.165) is 31.2 Å². The van der Waals surface area contributed by atoms with Crippen molar-refractivity contribution in [2.24, 2.45) is 5.73 Å². The fourth-order valence-corrected chi connectivity index (χ4v) is 4.01. The molecule has 8 nitrogen and oxygen atoms in total. The zero-order valence-electron chi connectivity index (χ0n) is 22.2. The molecule has 13 heteroatoms. The Morgan fingerprint density at radius 1 is 1.00 bits per heavy atom. The Kier molecular flexibility index (Phi) is 9.53. The van der Waals surface area contributed by atoms with Crippen LogP contribution < -0.4 is 19.9 Å². The van der Waals surface area contributed by atoms with Crippen molar-refractivity contribution in [1.29, 1.82) is 0 Å². The molecule has 3 aromatic rings. The highest BCUT2D eigenvalue weighted by Crippen LogP contribution is 2.44. The fraction of sp³-hybridized carbons (Fsp3) is 0.321. The van der Waals surface area contributed by atoms with Gasteiger partial charge in [-0.05, 0) is 61.9 Å². The van der Waals surface area contributed by atoms with Gasteiger partial charge in [0.1, 0.15) is 23.4 Å². The van der Waals surface area contributed by atoms with E-state index in [1.165, 1.54) is 38.5 Å². The second kappa shape index (κ2) is 12.5. The maximum Gasteiger partial charge on any atom is 0.422 e. The van der Waals surface area contributed by atoms with E-state index in [-0.39, 0.29) is 39.6 Å². The first-order chi connectivity index (χ1) is 19.2. The normalized spacial score (nSPS) is 13.7. The SMILES string of the molecule is COc1cc(C(=O)CCC(O)(c2ccc(OC)c(-c3ccc(F)c([C@H](C)F)c3)n2)C(F)(F)F)ccc1OCC(N)=O. The summed E-state index contributed by atoms with van der Waals surface area (Å²) >= 11 is 0. The minimum Gasteiger partial charge on any atom is -0.494 e. The third kappa shape index (κ3) is 6.91. The number of Topliss-reactive ketones (excluding diaryl/α,β-unsaturated/α-hetero) is 1. The number of alkyl halides is 4. The fourth-order valence-electron chi connectivity index (χ4n) is 4.01. The molecule has 0 aliphatic heterocycles. The van der Waals surface area contributed by atoms with Crippen molar-refractivity contribution in [3.8, 4) is 28.5 Å². The van der Waals surface area contributed by atoms with Crippen LogP contribution in [0.2, 0.25) is 0 Å². The number of nitrogens with two attached hydrogens (primary N) is 1. The number of aromatic nitrogens is 1. The number of hydrogen-bond acceptors (Lipinski definition) is 7. The van der Waals surface area contributed by atoms with E-state index in [9.17, 15) is 36.6 Å². The lowest BCUT2D eigenvalue weighted by atomic mass is 9.89. The molecule has 0 saturated carbocycles. The lowest BCUT2D eigenvalue weighted by Gasteiger charge is -2.30. The molecule has 0 spiro atoms. The van der Waals surface area contributed by atoms with Gasteiger partial charge in [0.2, 0.25) is 5.60 Å². The third-order valence-electron chi connectivity index (χ3n) is 6.24.